The van der Waals surface area contributed by atoms with E-state index in [1.807, 2.05) is 42.5 Å². The quantitative estimate of drug-likeness (QED) is 0.710. The van der Waals surface area contributed by atoms with Crippen molar-refractivity contribution in [3.8, 4) is 6.07 Å². The van der Waals surface area contributed by atoms with E-state index in [1.165, 1.54) is 0 Å². The van der Waals surface area contributed by atoms with Gasteiger partial charge in [-0.25, -0.2) is 4.98 Å². The molecule has 0 spiro atoms. The van der Waals surface area contributed by atoms with E-state index in [0.717, 1.165) is 11.1 Å². The Labute approximate surface area is 138 Å². The Kier molecular flexibility index (Phi) is 3.89. The van der Waals surface area contributed by atoms with E-state index in [9.17, 15) is 5.26 Å². The van der Waals surface area contributed by atoms with E-state index in [0.29, 0.717) is 10.2 Å². The van der Waals surface area contributed by atoms with Gasteiger partial charge in [0.1, 0.15) is 11.2 Å². The molecule has 3 aromatic rings. The molecule has 0 radical (unpaired) electrons. The molecule has 0 saturated heterocycles. The number of aromatic nitrogens is 2. The lowest BCUT2D eigenvalue weighted by atomic mass is 9.84. The highest BCUT2D eigenvalue weighted by atomic mass is 35.5. The Morgan fingerprint density at radius 1 is 0.955 bits per heavy atom. The van der Waals surface area contributed by atoms with Crippen molar-refractivity contribution in [2.75, 3.05) is 0 Å². The second kappa shape index (κ2) is 5.84. The number of hydrogen-bond donors (Lipinski definition) is 0. The number of imidazole rings is 1. The fourth-order valence-electron chi connectivity index (χ4n) is 2.50. The van der Waals surface area contributed by atoms with Crippen molar-refractivity contribution >= 4 is 23.2 Å². The Balaban J connectivity index is 2.30. The number of nitriles is 1. The van der Waals surface area contributed by atoms with Crippen LogP contribution in [0, 0.1) is 11.3 Å². The fourth-order valence-corrected chi connectivity index (χ4v) is 2.78. The molecule has 0 fully saturated rings. The van der Waals surface area contributed by atoms with Crippen molar-refractivity contribution in [1.82, 2.24) is 9.55 Å². The molecule has 3 nitrogen and oxygen atoms in total. The van der Waals surface area contributed by atoms with E-state index in [-0.39, 0.29) is 0 Å². The van der Waals surface area contributed by atoms with Crippen molar-refractivity contribution in [3.05, 3.63) is 88.4 Å². The average Bonchev–Trinajstić information content (AvgIpc) is 2.98. The second-order valence-corrected chi connectivity index (χ2v) is 5.62. The number of benzene rings is 2. The fraction of sp³-hybridized carbons (Fsp3) is 0.0588. The monoisotopic (exact) mass is 327 g/mol. The summed E-state index contributed by atoms with van der Waals surface area (Å²) in [5.41, 5.74) is 0.569. The molecule has 0 aliphatic rings. The van der Waals surface area contributed by atoms with Crippen LogP contribution in [-0.2, 0) is 5.54 Å². The highest BCUT2D eigenvalue weighted by Gasteiger charge is 2.36. The molecule has 1 aromatic heterocycles. The highest BCUT2D eigenvalue weighted by Crippen LogP contribution is 2.34. The summed E-state index contributed by atoms with van der Waals surface area (Å²) in [6.45, 7) is 0. The molecular weight excluding hydrogens is 317 g/mol. The first-order chi connectivity index (χ1) is 10.7. The van der Waals surface area contributed by atoms with E-state index < -0.39 is 5.54 Å². The van der Waals surface area contributed by atoms with Crippen LogP contribution in [0.15, 0.2) is 67.1 Å². The zero-order valence-corrected chi connectivity index (χ0v) is 13.0. The van der Waals surface area contributed by atoms with Gasteiger partial charge in [0.25, 0.3) is 0 Å². The molecule has 5 heteroatoms. The van der Waals surface area contributed by atoms with Gasteiger partial charge in [0.05, 0.1) is 6.33 Å². The molecule has 3 rings (SSSR count). The Bertz CT molecular complexity index is 819. The largest absolute Gasteiger partial charge is 0.309 e. The van der Waals surface area contributed by atoms with Crippen molar-refractivity contribution in [1.29, 1.82) is 5.26 Å². The predicted molar refractivity (Wildman–Crippen MR) is 86.9 cm³/mol. The van der Waals surface area contributed by atoms with Crippen LogP contribution in [0.2, 0.25) is 10.2 Å². The smallest absolute Gasteiger partial charge is 0.183 e. The summed E-state index contributed by atoms with van der Waals surface area (Å²) in [5.74, 6) is 0. The summed E-state index contributed by atoms with van der Waals surface area (Å²) in [6.07, 6.45) is 3.21. The number of hydrogen-bond acceptors (Lipinski definition) is 2. The van der Waals surface area contributed by atoms with Crippen LogP contribution in [0.25, 0.3) is 0 Å². The molecule has 1 atom stereocenters. The van der Waals surface area contributed by atoms with Gasteiger partial charge in [-0.2, -0.15) is 5.26 Å². The third kappa shape index (κ3) is 2.37. The lowest BCUT2D eigenvalue weighted by Gasteiger charge is -2.29. The minimum absolute atomic E-state index is 0.338. The Hall–Kier alpha value is -2.28. The van der Waals surface area contributed by atoms with Crippen LogP contribution in [-0.4, -0.2) is 9.55 Å². The van der Waals surface area contributed by atoms with Crippen LogP contribution >= 0.6 is 23.2 Å². The van der Waals surface area contributed by atoms with Gasteiger partial charge in [-0.05, 0) is 23.3 Å². The lowest BCUT2D eigenvalue weighted by molar-refractivity contribution is 0.548. The van der Waals surface area contributed by atoms with Crippen LogP contribution < -0.4 is 0 Å². The van der Waals surface area contributed by atoms with Crippen LogP contribution in [0.5, 0.6) is 0 Å². The number of nitrogens with zero attached hydrogens (tertiary/aromatic N) is 3. The first-order valence-corrected chi connectivity index (χ1v) is 7.35. The molecule has 1 heterocycles. The van der Waals surface area contributed by atoms with E-state index in [1.54, 1.807) is 29.2 Å². The van der Waals surface area contributed by atoms with Crippen molar-refractivity contribution in [2.24, 2.45) is 0 Å². The molecule has 0 aliphatic carbocycles. The van der Waals surface area contributed by atoms with Gasteiger partial charge in [-0.1, -0.05) is 65.7 Å². The lowest BCUT2D eigenvalue weighted by Crippen LogP contribution is -2.33. The van der Waals surface area contributed by atoms with Crippen molar-refractivity contribution in [3.63, 3.8) is 0 Å². The second-order valence-electron chi connectivity index (χ2n) is 4.80. The molecule has 2 aromatic carbocycles. The first kappa shape index (κ1) is 14.6. The van der Waals surface area contributed by atoms with Gasteiger partial charge in [-0.3, -0.25) is 0 Å². The first-order valence-electron chi connectivity index (χ1n) is 6.59. The summed E-state index contributed by atoms with van der Waals surface area (Å²) in [5, 5.41) is 11.0. The molecule has 1 unspecified atom stereocenters. The van der Waals surface area contributed by atoms with Crippen molar-refractivity contribution in [2.45, 2.75) is 5.54 Å². The van der Waals surface area contributed by atoms with Crippen LogP contribution in [0.1, 0.15) is 11.1 Å². The summed E-state index contributed by atoms with van der Waals surface area (Å²) < 4.78 is 1.72. The van der Waals surface area contributed by atoms with Crippen molar-refractivity contribution < 1.29 is 0 Å². The van der Waals surface area contributed by atoms with Gasteiger partial charge < -0.3 is 4.57 Å². The highest BCUT2D eigenvalue weighted by molar-refractivity contribution is 6.30. The number of halogens is 2. The molecule has 0 saturated carbocycles. The molecule has 22 heavy (non-hydrogen) atoms. The summed E-state index contributed by atoms with van der Waals surface area (Å²) >= 11 is 11.9. The molecular formula is C17H11Cl2N3. The van der Waals surface area contributed by atoms with Gasteiger partial charge in [-0.15, -0.1) is 0 Å². The minimum Gasteiger partial charge on any atom is -0.309 e. The summed E-state index contributed by atoms with van der Waals surface area (Å²) in [7, 11) is 0. The zero-order chi connectivity index (χ0) is 15.6. The number of rotatable bonds is 3. The van der Waals surface area contributed by atoms with Gasteiger partial charge in [0.2, 0.25) is 0 Å². The van der Waals surface area contributed by atoms with Gasteiger partial charge >= 0.3 is 0 Å². The average molecular weight is 328 g/mol. The molecule has 0 aliphatic heterocycles. The normalized spacial score (nSPS) is 13.3. The standard InChI is InChI=1S/C17H11Cl2N3/c18-15-8-6-14(7-9-15)17(11-20,13-4-2-1-3-5-13)22-10-16(19)21-12-22/h1-10,12H. The molecule has 0 amide bonds. The predicted octanol–water partition coefficient (Wildman–Crippen LogP) is 4.51. The SMILES string of the molecule is N#CC(c1ccccc1)(c1ccc(Cl)cc1)n1cnc(Cl)c1. The molecule has 0 N–H and O–H groups in total. The van der Waals surface area contributed by atoms with Gasteiger partial charge in [0.15, 0.2) is 5.54 Å². The van der Waals surface area contributed by atoms with E-state index >= 15 is 0 Å². The third-order valence-corrected chi connectivity index (χ3v) is 4.00. The third-order valence-electron chi connectivity index (χ3n) is 3.55. The molecule has 108 valence electrons. The minimum atomic E-state index is -1.05. The van der Waals surface area contributed by atoms with E-state index in [2.05, 4.69) is 11.1 Å². The maximum Gasteiger partial charge on any atom is 0.183 e. The molecule has 0 bridgehead atoms. The summed E-state index contributed by atoms with van der Waals surface area (Å²) in [4.78, 5) is 4.05. The van der Waals surface area contributed by atoms with Crippen LogP contribution in [0.3, 0.4) is 0 Å². The topological polar surface area (TPSA) is 41.6 Å². The Morgan fingerprint density at radius 2 is 1.59 bits per heavy atom. The maximum atomic E-state index is 10.0. The Morgan fingerprint density at radius 3 is 2.14 bits per heavy atom. The maximum absolute atomic E-state index is 10.0. The summed E-state index contributed by atoms with van der Waals surface area (Å²) in [6, 6.07) is 19.2. The zero-order valence-electron chi connectivity index (χ0n) is 11.4. The van der Waals surface area contributed by atoms with E-state index in [4.69, 9.17) is 23.2 Å². The van der Waals surface area contributed by atoms with Crippen LogP contribution in [0.4, 0.5) is 0 Å². The van der Waals surface area contributed by atoms with Gasteiger partial charge in [0, 0.05) is 11.2 Å².